The highest BCUT2D eigenvalue weighted by atomic mass is 35.5. The number of hydrogen-bond acceptors (Lipinski definition) is 4. The van der Waals surface area contributed by atoms with Crippen molar-refractivity contribution in [2.45, 2.75) is 98.3 Å². The molecule has 0 aromatic heterocycles. The SMILES string of the molecule is CCCCCCCCCCCOC(=O)C(CC)(CC)C(=O)Oc1ccc(Cl)c(C)c1. The van der Waals surface area contributed by atoms with E-state index in [1.54, 1.807) is 18.2 Å². The van der Waals surface area contributed by atoms with Crippen molar-refractivity contribution in [1.29, 1.82) is 0 Å². The van der Waals surface area contributed by atoms with Crippen molar-refractivity contribution in [2.75, 3.05) is 6.61 Å². The monoisotopic (exact) mass is 438 g/mol. The van der Waals surface area contributed by atoms with Crippen molar-refractivity contribution >= 4 is 23.5 Å². The van der Waals surface area contributed by atoms with Gasteiger partial charge in [0.15, 0.2) is 5.41 Å². The summed E-state index contributed by atoms with van der Waals surface area (Å²) in [6, 6.07) is 5.02. The molecule has 0 bridgehead atoms. The quantitative estimate of drug-likeness (QED) is 0.123. The fourth-order valence-corrected chi connectivity index (χ4v) is 3.63. The molecule has 0 N–H and O–H groups in total. The maximum atomic E-state index is 12.9. The van der Waals surface area contributed by atoms with E-state index in [2.05, 4.69) is 6.92 Å². The van der Waals surface area contributed by atoms with Crippen LogP contribution >= 0.6 is 11.6 Å². The van der Waals surface area contributed by atoms with Gasteiger partial charge in [0, 0.05) is 5.02 Å². The third-order valence-corrected chi connectivity index (χ3v) is 6.23. The lowest BCUT2D eigenvalue weighted by Crippen LogP contribution is -2.42. The summed E-state index contributed by atoms with van der Waals surface area (Å²) < 4.78 is 11.0. The first kappa shape index (κ1) is 26.5. The molecule has 1 rings (SSSR count). The third-order valence-electron chi connectivity index (χ3n) is 5.81. The molecule has 5 heteroatoms. The fourth-order valence-electron chi connectivity index (χ4n) is 3.51. The number of hydrogen-bond donors (Lipinski definition) is 0. The lowest BCUT2D eigenvalue weighted by atomic mass is 9.82. The zero-order chi connectivity index (χ0) is 22.4. The Bertz CT molecular complexity index is 653. The van der Waals surface area contributed by atoms with E-state index >= 15 is 0 Å². The van der Waals surface area contributed by atoms with Crippen molar-refractivity contribution < 1.29 is 19.1 Å². The van der Waals surface area contributed by atoms with Crippen molar-refractivity contribution in [3.63, 3.8) is 0 Å². The molecule has 0 spiro atoms. The standard InChI is InChI=1S/C25H39ClO4/c1-5-8-9-10-11-12-13-14-15-18-29-23(27)25(6-2,7-3)24(28)30-21-16-17-22(26)20(4)19-21/h16-17,19H,5-15,18H2,1-4H3. The largest absolute Gasteiger partial charge is 0.465 e. The number of benzene rings is 1. The third kappa shape index (κ3) is 8.29. The minimum Gasteiger partial charge on any atom is -0.465 e. The predicted molar refractivity (Wildman–Crippen MR) is 123 cm³/mol. The Morgan fingerprint density at radius 3 is 1.97 bits per heavy atom. The van der Waals surface area contributed by atoms with Crippen LogP contribution in [0.2, 0.25) is 5.02 Å². The zero-order valence-corrected chi connectivity index (χ0v) is 20.0. The van der Waals surface area contributed by atoms with E-state index in [4.69, 9.17) is 21.1 Å². The topological polar surface area (TPSA) is 52.6 Å². The van der Waals surface area contributed by atoms with Crippen LogP contribution in [-0.2, 0) is 14.3 Å². The first-order chi connectivity index (χ1) is 14.4. The summed E-state index contributed by atoms with van der Waals surface area (Å²) in [6.07, 6.45) is 11.5. The van der Waals surface area contributed by atoms with E-state index < -0.39 is 17.4 Å². The highest BCUT2D eigenvalue weighted by Crippen LogP contribution is 2.32. The van der Waals surface area contributed by atoms with Crippen LogP contribution in [0.25, 0.3) is 0 Å². The molecule has 4 nitrogen and oxygen atoms in total. The molecule has 0 aliphatic carbocycles. The molecule has 170 valence electrons. The van der Waals surface area contributed by atoms with Crippen LogP contribution in [0.1, 0.15) is 97.0 Å². The Balaban J connectivity index is 2.46. The Hall–Kier alpha value is -1.55. The number of carbonyl (C=O) groups is 2. The average Bonchev–Trinajstić information content (AvgIpc) is 2.73. The van der Waals surface area contributed by atoms with Crippen LogP contribution in [0.3, 0.4) is 0 Å². The van der Waals surface area contributed by atoms with Gasteiger partial charge in [-0.1, -0.05) is 83.7 Å². The molecule has 0 fully saturated rings. The van der Waals surface area contributed by atoms with Crippen LogP contribution in [0.4, 0.5) is 0 Å². The van der Waals surface area contributed by atoms with E-state index in [9.17, 15) is 9.59 Å². The molecule has 0 aliphatic heterocycles. The van der Waals surface area contributed by atoms with Gasteiger partial charge in [-0.05, 0) is 49.9 Å². The van der Waals surface area contributed by atoms with Gasteiger partial charge in [-0.15, -0.1) is 0 Å². The highest BCUT2D eigenvalue weighted by molar-refractivity contribution is 6.31. The first-order valence-electron chi connectivity index (χ1n) is 11.6. The van der Waals surface area contributed by atoms with Gasteiger partial charge in [0.2, 0.25) is 0 Å². The Morgan fingerprint density at radius 2 is 1.43 bits per heavy atom. The van der Waals surface area contributed by atoms with E-state index in [1.165, 1.54) is 38.5 Å². The molecule has 1 aromatic carbocycles. The Labute approximate surface area is 187 Å². The molecule has 30 heavy (non-hydrogen) atoms. The van der Waals surface area contributed by atoms with E-state index in [0.29, 0.717) is 30.2 Å². The summed E-state index contributed by atoms with van der Waals surface area (Å²) >= 11 is 6.03. The van der Waals surface area contributed by atoms with Crippen LogP contribution in [-0.4, -0.2) is 18.5 Å². The van der Waals surface area contributed by atoms with Gasteiger partial charge in [0.1, 0.15) is 5.75 Å². The molecule has 1 aromatic rings. The van der Waals surface area contributed by atoms with Gasteiger partial charge >= 0.3 is 11.9 Å². The second kappa shape index (κ2) is 14.5. The van der Waals surface area contributed by atoms with Gasteiger partial charge in [-0.25, -0.2) is 0 Å². The van der Waals surface area contributed by atoms with Crippen LogP contribution in [0, 0.1) is 12.3 Å². The van der Waals surface area contributed by atoms with Crippen LogP contribution in [0.5, 0.6) is 5.75 Å². The number of ether oxygens (including phenoxy) is 2. The van der Waals surface area contributed by atoms with Crippen molar-refractivity contribution in [2.24, 2.45) is 5.41 Å². The van der Waals surface area contributed by atoms with Crippen LogP contribution in [0.15, 0.2) is 18.2 Å². The molecule has 0 saturated carbocycles. The normalized spacial score (nSPS) is 11.4. The zero-order valence-electron chi connectivity index (χ0n) is 19.2. The number of carbonyl (C=O) groups excluding carboxylic acids is 2. The van der Waals surface area contributed by atoms with Gasteiger partial charge in [0.25, 0.3) is 0 Å². The minimum atomic E-state index is -1.27. The van der Waals surface area contributed by atoms with E-state index in [-0.39, 0.29) is 0 Å². The number of esters is 2. The minimum absolute atomic E-state index is 0.339. The number of unbranched alkanes of at least 4 members (excludes halogenated alkanes) is 8. The average molecular weight is 439 g/mol. The van der Waals surface area contributed by atoms with Gasteiger partial charge in [0.05, 0.1) is 6.61 Å². The summed E-state index contributed by atoms with van der Waals surface area (Å²) in [5.74, 6) is -0.658. The maximum absolute atomic E-state index is 12.9. The molecule has 0 heterocycles. The second-order valence-electron chi connectivity index (χ2n) is 8.05. The molecule has 0 amide bonds. The molecule has 0 aliphatic rings. The van der Waals surface area contributed by atoms with E-state index in [1.807, 2.05) is 20.8 Å². The second-order valence-corrected chi connectivity index (χ2v) is 8.46. The van der Waals surface area contributed by atoms with Gasteiger partial charge < -0.3 is 9.47 Å². The van der Waals surface area contributed by atoms with E-state index in [0.717, 1.165) is 24.8 Å². The molecule has 0 saturated heterocycles. The molecule has 0 atom stereocenters. The molecule has 0 radical (unpaired) electrons. The van der Waals surface area contributed by atoms with Crippen molar-refractivity contribution in [3.05, 3.63) is 28.8 Å². The predicted octanol–water partition coefficient (Wildman–Crippen LogP) is 7.43. The number of halogens is 1. The van der Waals surface area contributed by atoms with Gasteiger partial charge in [-0.3, -0.25) is 9.59 Å². The summed E-state index contributed by atoms with van der Waals surface area (Å²) in [6.45, 7) is 8.05. The summed E-state index contributed by atoms with van der Waals surface area (Å²) in [7, 11) is 0. The lowest BCUT2D eigenvalue weighted by Gasteiger charge is -2.26. The molecular formula is C25H39ClO4. The van der Waals surface area contributed by atoms with Crippen LogP contribution < -0.4 is 4.74 Å². The summed E-state index contributed by atoms with van der Waals surface area (Å²) in [4.78, 5) is 25.6. The number of rotatable bonds is 15. The fraction of sp³-hybridized carbons (Fsp3) is 0.680. The summed E-state index contributed by atoms with van der Waals surface area (Å²) in [5.41, 5.74) is -0.458. The lowest BCUT2D eigenvalue weighted by molar-refractivity contribution is -0.168. The smallest absolute Gasteiger partial charge is 0.328 e. The first-order valence-corrected chi connectivity index (χ1v) is 11.9. The van der Waals surface area contributed by atoms with Gasteiger partial charge in [-0.2, -0.15) is 0 Å². The van der Waals surface area contributed by atoms with Crippen molar-refractivity contribution in [1.82, 2.24) is 0 Å². The molecule has 0 unspecified atom stereocenters. The number of aryl methyl sites for hydroxylation is 1. The Morgan fingerprint density at radius 1 is 0.867 bits per heavy atom. The highest BCUT2D eigenvalue weighted by Gasteiger charge is 2.46. The molecular weight excluding hydrogens is 400 g/mol. The summed E-state index contributed by atoms with van der Waals surface area (Å²) in [5, 5.41) is 0.604. The Kier molecular flexibility index (Phi) is 12.8. The van der Waals surface area contributed by atoms with Crippen molar-refractivity contribution in [3.8, 4) is 5.75 Å². The maximum Gasteiger partial charge on any atom is 0.328 e.